The van der Waals surface area contributed by atoms with E-state index in [1.807, 2.05) is 56.6 Å². The van der Waals surface area contributed by atoms with Gasteiger partial charge in [0.05, 0.1) is 0 Å². The number of nitrogens with zero attached hydrogens (tertiary/aromatic N) is 1. The van der Waals surface area contributed by atoms with Gasteiger partial charge in [-0.1, -0.05) is 42.5 Å². The summed E-state index contributed by atoms with van der Waals surface area (Å²) in [6.07, 6.45) is 2.09. The van der Waals surface area contributed by atoms with Crippen molar-refractivity contribution in [1.29, 1.82) is 0 Å². The highest BCUT2D eigenvalue weighted by Crippen LogP contribution is 2.12. The zero-order chi connectivity index (χ0) is 17.4. The third-order valence-corrected chi connectivity index (χ3v) is 4.16. The van der Waals surface area contributed by atoms with Crippen LogP contribution in [0, 0.1) is 0 Å². The first-order valence-corrected chi connectivity index (χ1v) is 8.29. The smallest absolute Gasteiger partial charge is 0.220 e. The van der Waals surface area contributed by atoms with Crippen LogP contribution >= 0.6 is 0 Å². The Morgan fingerprint density at radius 1 is 1.04 bits per heavy atom. The van der Waals surface area contributed by atoms with Crippen LogP contribution in [0.3, 0.4) is 0 Å². The van der Waals surface area contributed by atoms with Crippen molar-refractivity contribution in [2.45, 2.75) is 25.3 Å². The number of carbonyl (C=O) groups is 1. The van der Waals surface area contributed by atoms with E-state index in [2.05, 4.69) is 10.2 Å². The number of aryl methyl sites for hydroxylation is 1. The summed E-state index contributed by atoms with van der Waals surface area (Å²) in [7, 11) is 4.03. The topological polar surface area (TPSA) is 52.6 Å². The molecule has 4 heteroatoms. The summed E-state index contributed by atoms with van der Waals surface area (Å²) in [6.45, 7) is 0.613. The monoisotopic (exact) mass is 326 g/mol. The third-order valence-electron chi connectivity index (χ3n) is 4.16. The molecule has 2 rings (SSSR count). The van der Waals surface area contributed by atoms with Crippen molar-refractivity contribution in [2.24, 2.45) is 0 Å². The standard InChI is InChI=1S/C20H26N2O2/c1-22(2)18(14-17-8-11-19(23)12-9-17)15-21-20(24)13-10-16-6-4-3-5-7-16/h3-9,11-12,18,23H,10,13-15H2,1-2H3,(H,21,24)/t18-/m0/s1. The van der Waals surface area contributed by atoms with Crippen LogP contribution in [0.2, 0.25) is 0 Å². The number of phenols is 1. The van der Waals surface area contributed by atoms with Gasteiger partial charge in [0.15, 0.2) is 0 Å². The second-order valence-electron chi connectivity index (χ2n) is 6.28. The second kappa shape index (κ2) is 9.08. The fourth-order valence-corrected chi connectivity index (χ4v) is 2.56. The molecule has 0 aliphatic rings. The maximum Gasteiger partial charge on any atom is 0.220 e. The highest BCUT2D eigenvalue weighted by Gasteiger charge is 2.14. The summed E-state index contributed by atoms with van der Waals surface area (Å²) < 4.78 is 0. The quantitative estimate of drug-likeness (QED) is 0.784. The van der Waals surface area contributed by atoms with Crippen molar-refractivity contribution >= 4 is 5.91 Å². The van der Waals surface area contributed by atoms with Gasteiger partial charge in [-0.05, 0) is 50.2 Å². The van der Waals surface area contributed by atoms with Crippen molar-refractivity contribution in [1.82, 2.24) is 10.2 Å². The molecule has 24 heavy (non-hydrogen) atoms. The first-order valence-electron chi connectivity index (χ1n) is 8.29. The molecule has 0 saturated heterocycles. The molecular formula is C20H26N2O2. The second-order valence-corrected chi connectivity index (χ2v) is 6.28. The molecule has 0 aromatic heterocycles. The Hall–Kier alpha value is -2.33. The molecule has 0 aliphatic carbocycles. The SMILES string of the molecule is CN(C)[C@H](CNC(=O)CCc1ccccc1)Cc1ccc(O)cc1. The number of benzene rings is 2. The third kappa shape index (κ3) is 6.05. The Morgan fingerprint density at radius 2 is 1.71 bits per heavy atom. The van der Waals surface area contributed by atoms with Gasteiger partial charge in [-0.3, -0.25) is 4.79 Å². The summed E-state index contributed by atoms with van der Waals surface area (Å²) in [6, 6.07) is 17.5. The van der Waals surface area contributed by atoms with Gasteiger partial charge in [-0.2, -0.15) is 0 Å². The molecule has 0 heterocycles. The van der Waals surface area contributed by atoms with E-state index in [0.29, 0.717) is 13.0 Å². The highest BCUT2D eigenvalue weighted by molar-refractivity contribution is 5.76. The zero-order valence-corrected chi connectivity index (χ0v) is 14.4. The number of aromatic hydroxyl groups is 1. The van der Waals surface area contributed by atoms with Gasteiger partial charge in [0.1, 0.15) is 5.75 Å². The summed E-state index contributed by atoms with van der Waals surface area (Å²) in [5.41, 5.74) is 2.32. The molecule has 0 bridgehead atoms. The van der Waals surface area contributed by atoms with E-state index in [1.165, 1.54) is 5.56 Å². The fraction of sp³-hybridized carbons (Fsp3) is 0.350. The Labute approximate surface area is 144 Å². The number of rotatable bonds is 8. The van der Waals surface area contributed by atoms with Crippen molar-refractivity contribution in [3.63, 3.8) is 0 Å². The van der Waals surface area contributed by atoms with Gasteiger partial charge in [0.2, 0.25) is 5.91 Å². The van der Waals surface area contributed by atoms with Crippen molar-refractivity contribution < 1.29 is 9.90 Å². The van der Waals surface area contributed by atoms with Crippen LogP contribution in [0.25, 0.3) is 0 Å². The van der Waals surface area contributed by atoms with E-state index in [0.717, 1.165) is 18.4 Å². The lowest BCUT2D eigenvalue weighted by Crippen LogP contribution is -2.41. The van der Waals surface area contributed by atoms with E-state index >= 15 is 0 Å². The molecule has 4 nitrogen and oxygen atoms in total. The van der Waals surface area contributed by atoms with Crippen LogP contribution in [0.15, 0.2) is 54.6 Å². The van der Waals surface area contributed by atoms with Crippen LogP contribution in [0.4, 0.5) is 0 Å². The van der Waals surface area contributed by atoms with E-state index in [1.54, 1.807) is 12.1 Å². The summed E-state index contributed by atoms with van der Waals surface area (Å²) in [5.74, 6) is 0.353. The average molecular weight is 326 g/mol. The van der Waals surface area contributed by atoms with Gasteiger partial charge in [-0.25, -0.2) is 0 Å². The van der Waals surface area contributed by atoms with Gasteiger partial charge in [0, 0.05) is 19.0 Å². The molecule has 0 radical (unpaired) electrons. The Bertz CT molecular complexity index is 624. The molecule has 1 atom stereocenters. The summed E-state index contributed by atoms with van der Waals surface area (Å²) in [5, 5.41) is 12.4. The Kier molecular flexibility index (Phi) is 6.82. The maximum absolute atomic E-state index is 12.1. The van der Waals surface area contributed by atoms with Gasteiger partial charge < -0.3 is 15.3 Å². The molecule has 0 saturated carbocycles. The van der Waals surface area contributed by atoms with Crippen LogP contribution in [0.5, 0.6) is 5.75 Å². The number of carbonyl (C=O) groups excluding carboxylic acids is 1. The molecule has 128 valence electrons. The number of phenolic OH excluding ortho intramolecular Hbond substituents is 1. The van der Waals surface area contributed by atoms with Crippen LogP contribution in [0.1, 0.15) is 17.5 Å². The first kappa shape index (κ1) is 18.0. The average Bonchev–Trinajstić information content (AvgIpc) is 2.59. The summed E-state index contributed by atoms with van der Waals surface area (Å²) >= 11 is 0. The fourth-order valence-electron chi connectivity index (χ4n) is 2.56. The predicted molar refractivity (Wildman–Crippen MR) is 97.1 cm³/mol. The van der Waals surface area contributed by atoms with Crippen LogP contribution < -0.4 is 5.32 Å². The molecule has 0 aliphatic heterocycles. The highest BCUT2D eigenvalue weighted by atomic mass is 16.3. The number of hydrogen-bond donors (Lipinski definition) is 2. The number of likely N-dealkylation sites (N-methyl/N-ethyl adjacent to an activating group) is 1. The van der Waals surface area contributed by atoms with Gasteiger partial charge >= 0.3 is 0 Å². The lowest BCUT2D eigenvalue weighted by molar-refractivity contribution is -0.121. The minimum Gasteiger partial charge on any atom is -0.508 e. The summed E-state index contributed by atoms with van der Waals surface area (Å²) in [4.78, 5) is 14.2. The van der Waals surface area contributed by atoms with Gasteiger partial charge in [0.25, 0.3) is 0 Å². The van der Waals surface area contributed by atoms with Crippen molar-refractivity contribution in [3.05, 3.63) is 65.7 Å². The molecule has 2 N–H and O–H groups in total. The number of amides is 1. The minimum atomic E-state index is 0.0800. The molecular weight excluding hydrogens is 300 g/mol. The van der Waals surface area contributed by atoms with Crippen LogP contribution in [-0.4, -0.2) is 42.6 Å². The van der Waals surface area contributed by atoms with E-state index in [4.69, 9.17) is 0 Å². The molecule has 0 unspecified atom stereocenters. The first-order chi connectivity index (χ1) is 11.5. The number of hydrogen-bond acceptors (Lipinski definition) is 3. The lowest BCUT2D eigenvalue weighted by Gasteiger charge is -2.25. The van der Waals surface area contributed by atoms with Crippen molar-refractivity contribution in [3.8, 4) is 5.75 Å². The maximum atomic E-state index is 12.1. The molecule has 0 fully saturated rings. The molecule has 1 amide bonds. The lowest BCUT2D eigenvalue weighted by atomic mass is 10.0. The van der Waals surface area contributed by atoms with E-state index in [9.17, 15) is 9.90 Å². The van der Waals surface area contributed by atoms with Crippen LogP contribution in [-0.2, 0) is 17.6 Å². The normalized spacial score (nSPS) is 12.1. The van der Waals surface area contributed by atoms with Gasteiger partial charge in [-0.15, -0.1) is 0 Å². The Morgan fingerprint density at radius 3 is 2.33 bits per heavy atom. The predicted octanol–water partition coefficient (Wildman–Crippen LogP) is 2.61. The Balaban J connectivity index is 1.80. The molecule has 2 aromatic rings. The molecule has 2 aromatic carbocycles. The number of nitrogens with one attached hydrogen (secondary N) is 1. The largest absolute Gasteiger partial charge is 0.508 e. The van der Waals surface area contributed by atoms with E-state index < -0.39 is 0 Å². The zero-order valence-electron chi connectivity index (χ0n) is 14.4. The van der Waals surface area contributed by atoms with Crippen molar-refractivity contribution in [2.75, 3.05) is 20.6 Å². The van der Waals surface area contributed by atoms with E-state index in [-0.39, 0.29) is 17.7 Å². The molecule has 0 spiro atoms. The minimum absolute atomic E-state index is 0.0800.